The van der Waals surface area contributed by atoms with Crippen LogP contribution in [0.15, 0.2) is 12.3 Å². The quantitative estimate of drug-likeness (QED) is 0.881. The van der Waals surface area contributed by atoms with E-state index in [1.807, 2.05) is 0 Å². The Labute approximate surface area is 103 Å². The van der Waals surface area contributed by atoms with E-state index in [4.69, 9.17) is 5.73 Å². The van der Waals surface area contributed by atoms with Gasteiger partial charge in [0.2, 0.25) is 0 Å². The van der Waals surface area contributed by atoms with Crippen LogP contribution in [0, 0.1) is 0 Å². The second kappa shape index (κ2) is 5.09. The van der Waals surface area contributed by atoms with Crippen LogP contribution in [-0.2, 0) is 0 Å². The first-order valence-electron chi connectivity index (χ1n) is 5.81. The average molecular weight is 260 g/mol. The van der Waals surface area contributed by atoms with Crippen molar-refractivity contribution in [3.63, 3.8) is 0 Å². The summed E-state index contributed by atoms with van der Waals surface area (Å²) in [5, 5.41) is 0. The van der Waals surface area contributed by atoms with E-state index in [0.29, 0.717) is 24.7 Å². The van der Waals surface area contributed by atoms with Crippen LogP contribution in [-0.4, -0.2) is 40.7 Å². The van der Waals surface area contributed by atoms with E-state index in [1.165, 1.54) is 4.90 Å². The van der Waals surface area contributed by atoms with Crippen molar-refractivity contribution >= 4 is 5.82 Å². The molecule has 1 aliphatic heterocycles. The standard InChI is InChI=1S/C11H15F3N4/c12-11(13,14)7-18-5-1-2-8(6-18)10-16-4-3-9(15)17-10/h3-4,8H,1-2,5-7H2,(H2,15,16,17). The van der Waals surface area contributed by atoms with Gasteiger partial charge in [0, 0.05) is 18.7 Å². The van der Waals surface area contributed by atoms with Gasteiger partial charge in [-0.3, -0.25) is 4.90 Å². The maximum absolute atomic E-state index is 12.3. The van der Waals surface area contributed by atoms with Crippen LogP contribution in [0.2, 0.25) is 0 Å². The van der Waals surface area contributed by atoms with E-state index in [9.17, 15) is 13.2 Å². The lowest BCUT2D eigenvalue weighted by atomic mass is 9.97. The summed E-state index contributed by atoms with van der Waals surface area (Å²) in [4.78, 5) is 9.59. The summed E-state index contributed by atoms with van der Waals surface area (Å²) in [6, 6.07) is 1.57. The molecule has 1 fully saturated rings. The summed E-state index contributed by atoms with van der Waals surface area (Å²) < 4.78 is 37.0. The van der Waals surface area contributed by atoms with Crippen molar-refractivity contribution in [2.45, 2.75) is 24.9 Å². The van der Waals surface area contributed by atoms with Crippen molar-refractivity contribution in [2.75, 3.05) is 25.4 Å². The van der Waals surface area contributed by atoms with E-state index in [2.05, 4.69) is 9.97 Å². The molecule has 100 valence electrons. The van der Waals surface area contributed by atoms with E-state index < -0.39 is 12.7 Å². The summed E-state index contributed by atoms with van der Waals surface area (Å²) in [5.41, 5.74) is 5.56. The normalized spacial score (nSPS) is 22.1. The predicted molar refractivity (Wildman–Crippen MR) is 60.9 cm³/mol. The monoisotopic (exact) mass is 260 g/mol. The van der Waals surface area contributed by atoms with Gasteiger partial charge >= 0.3 is 6.18 Å². The molecule has 18 heavy (non-hydrogen) atoms. The van der Waals surface area contributed by atoms with Crippen molar-refractivity contribution in [2.24, 2.45) is 0 Å². The molecule has 1 atom stereocenters. The third-order valence-electron chi connectivity index (χ3n) is 2.97. The topological polar surface area (TPSA) is 55.0 Å². The number of nitrogens with zero attached hydrogens (tertiary/aromatic N) is 3. The number of alkyl halides is 3. The second-order valence-electron chi connectivity index (χ2n) is 4.53. The number of nitrogens with two attached hydrogens (primary N) is 1. The highest BCUT2D eigenvalue weighted by atomic mass is 19.4. The van der Waals surface area contributed by atoms with Crippen LogP contribution in [0.1, 0.15) is 24.6 Å². The molecule has 4 nitrogen and oxygen atoms in total. The van der Waals surface area contributed by atoms with Gasteiger partial charge in [0.05, 0.1) is 6.54 Å². The number of piperidine rings is 1. The van der Waals surface area contributed by atoms with Gasteiger partial charge in [-0.25, -0.2) is 9.97 Å². The molecule has 7 heteroatoms. The molecule has 1 saturated heterocycles. The molecule has 0 radical (unpaired) electrons. The van der Waals surface area contributed by atoms with Gasteiger partial charge in [0.1, 0.15) is 11.6 Å². The fourth-order valence-corrected chi connectivity index (χ4v) is 2.25. The molecule has 0 bridgehead atoms. The lowest BCUT2D eigenvalue weighted by Gasteiger charge is -2.32. The summed E-state index contributed by atoms with van der Waals surface area (Å²) in [7, 11) is 0. The molecule has 0 aliphatic carbocycles. The molecule has 1 aliphatic rings. The Bertz CT molecular complexity index is 408. The lowest BCUT2D eigenvalue weighted by Crippen LogP contribution is -2.41. The fourth-order valence-electron chi connectivity index (χ4n) is 2.25. The van der Waals surface area contributed by atoms with E-state index in [1.54, 1.807) is 12.3 Å². The van der Waals surface area contributed by atoms with Crippen molar-refractivity contribution < 1.29 is 13.2 Å². The van der Waals surface area contributed by atoms with Gasteiger partial charge in [-0.1, -0.05) is 0 Å². The third kappa shape index (κ3) is 3.56. The second-order valence-corrected chi connectivity index (χ2v) is 4.53. The molecule has 0 amide bonds. The number of aromatic nitrogens is 2. The molecular formula is C11H15F3N4. The number of nitrogen functional groups attached to an aromatic ring is 1. The number of hydrogen-bond acceptors (Lipinski definition) is 4. The van der Waals surface area contributed by atoms with Gasteiger partial charge in [0.15, 0.2) is 0 Å². The molecule has 2 N–H and O–H groups in total. The zero-order valence-corrected chi connectivity index (χ0v) is 9.82. The lowest BCUT2D eigenvalue weighted by molar-refractivity contribution is -0.148. The van der Waals surface area contributed by atoms with Crippen molar-refractivity contribution in [3.8, 4) is 0 Å². The maximum atomic E-state index is 12.3. The van der Waals surface area contributed by atoms with Gasteiger partial charge in [-0.05, 0) is 25.5 Å². The van der Waals surface area contributed by atoms with Gasteiger partial charge in [-0.15, -0.1) is 0 Å². The Hall–Kier alpha value is -1.37. The summed E-state index contributed by atoms with van der Waals surface area (Å²) >= 11 is 0. The van der Waals surface area contributed by atoms with E-state index in [0.717, 1.165) is 12.8 Å². The van der Waals surface area contributed by atoms with Crippen LogP contribution in [0.4, 0.5) is 19.0 Å². The van der Waals surface area contributed by atoms with Crippen LogP contribution >= 0.6 is 0 Å². The minimum Gasteiger partial charge on any atom is -0.384 e. The van der Waals surface area contributed by atoms with Crippen LogP contribution in [0.5, 0.6) is 0 Å². The highest BCUT2D eigenvalue weighted by molar-refractivity contribution is 5.26. The Morgan fingerprint density at radius 3 is 2.89 bits per heavy atom. The Morgan fingerprint density at radius 1 is 1.44 bits per heavy atom. The van der Waals surface area contributed by atoms with Crippen LogP contribution < -0.4 is 5.73 Å². The largest absolute Gasteiger partial charge is 0.401 e. The predicted octanol–water partition coefficient (Wildman–Crippen LogP) is 1.80. The average Bonchev–Trinajstić information content (AvgIpc) is 2.27. The van der Waals surface area contributed by atoms with E-state index >= 15 is 0 Å². The van der Waals surface area contributed by atoms with Gasteiger partial charge in [0.25, 0.3) is 0 Å². The highest BCUT2D eigenvalue weighted by Crippen LogP contribution is 2.27. The number of hydrogen-bond donors (Lipinski definition) is 1. The molecule has 0 aromatic carbocycles. The smallest absolute Gasteiger partial charge is 0.384 e. The Balaban J connectivity index is 2.02. The van der Waals surface area contributed by atoms with Gasteiger partial charge < -0.3 is 5.73 Å². The molecule has 1 unspecified atom stereocenters. The molecular weight excluding hydrogens is 245 g/mol. The Morgan fingerprint density at radius 2 is 2.22 bits per heavy atom. The van der Waals surface area contributed by atoms with Crippen LogP contribution in [0.3, 0.4) is 0 Å². The minimum absolute atomic E-state index is 0.0652. The highest BCUT2D eigenvalue weighted by Gasteiger charge is 2.33. The Kier molecular flexibility index (Phi) is 3.70. The molecule has 0 saturated carbocycles. The number of halogens is 3. The first kappa shape index (κ1) is 13.1. The molecule has 1 aromatic rings. The summed E-state index contributed by atoms with van der Waals surface area (Å²) in [6.07, 6.45) is -1.09. The first-order valence-corrected chi connectivity index (χ1v) is 5.81. The number of rotatable bonds is 2. The molecule has 0 spiro atoms. The summed E-state index contributed by atoms with van der Waals surface area (Å²) in [6.45, 7) is -0.0624. The number of anilines is 1. The summed E-state index contributed by atoms with van der Waals surface area (Å²) in [5.74, 6) is 0.833. The first-order chi connectivity index (χ1) is 8.44. The minimum atomic E-state index is -4.15. The van der Waals surface area contributed by atoms with Crippen LogP contribution in [0.25, 0.3) is 0 Å². The van der Waals surface area contributed by atoms with E-state index in [-0.39, 0.29) is 5.92 Å². The molecule has 2 rings (SSSR count). The van der Waals surface area contributed by atoms with Crippen molar-refractivity contribution in [3.05, 3.63) is 18.1 Å². The van der Waals surface area contributed by atoms with Crippen molar-refractivity contribution in [1.82, 2.24) is 14.9 Å². The number of likely N-dealkylation sites (tertiary alicyclic amines) is 1. The third-order valence-corrected chi connectivity index (χ3v) is 2.97. The van der Waals surface area contributed by atoms with Crippen molar-refractivity contribution in [1.29, 1.82) is 0 Å². The molecule has 2 heterocycles. The molecule has 1 aromatic heterocycles. The fraction of sp³-hybridized carbons (Fsp3) is 0.636. The van der Waals surface area contributed by atoms with Gasteiger partial charge in [-0.2, -0.15) is 13.2 Å². The SMILES string of the molecule is Nc1ccnc(C2CCCN(CC(F)(F)F)C2)n1. The zero-order valence-electron chi connectivity index (χ0n) is 9.82. The maximum Gasteiger partial charge on any atom is 0.401 e. The zero-order chi connectivity index (χ0) is 13.2.